The molecule has 20 heavy (non-hydrogen) atoms. The van der Waals surface area contributed by atoms with E-state index < -0.39 is 0 Å². The predicted octanol–water partition coefficient (Wildman–Crippen LogP) is 4.42. The van der Waals surface area contributed by atoms with Crippen molar-refractivity contribution in [2.45, 2.75) is 25.5 Å². The summed E-state index contributed by atoms with van der Waals surface area (Å²) in [6.45, 7) is 2.04. The van der Waals surface area contributed by atoms with Crippen LogP contribution in [0.3, 0.4) is 0 Å². The van der Waals surface area contributed by atoms with E-state index in [1.54, 1.807) is 6.07 Å². The molecular formula is C16H15BrFNO. The van der Waals surface area contributed by atoms with Crippen LogP contribution in [0.5, 0.6) is 5.75 Å². The maximum atomic E-state index is 13.2. The molecule has 0 aromatic heterocycles. The normalized spacial score (nSPS) is 21.2. The summed E-state index contributed by atoms with van der Waals surface area (Å²) in [6.07, 6.45) is 0.524. The Labute approximate surface area is 125 Å². The minimum absolute atomic E-state index is 0.0689. The zero-order valence-corrected chi connectivity index (χ0v) is 12.7. The molecule has 1 aliphatic heterocycles. The van der Waals surface area contributed by atoms with Crippen molar-refractivity contribution < 1.29 is 9.13 Å². The van der Waals surface area contributed by atoms with Gasteiger partial charge in [0.05, 0.1) is 0 Å². The lowest BCUT2D eigenvalue weighted by molar-refractivity contribution is 0.160. The summed E-state index contributed by atoms with van der Waals surface area (Å²) in [5.41, 5.74) is 9.39. The number of benzene rings is 2. The molecule has 2 N–H and O–H groups in total. The summed E-state index contributed by atoms with van der Waals surface area (Å²) in [4.78, 5) is 0. The Balaban J connectivity index is 1.97. The van der Waals surface area contributed by atoms with Crippen molar-refractivity contribution in [2.75, 3.05) is 0 Å². The highest BCUT2D eigenvalue weighted by molar-refractivity contribution is 9.10. The lowest BCUT2D eigenvalue weighted by Gasteiger charge is -2.31. The molecule has 104 valence electrons. The maximum Gasteiger partial charge on any atom is 0.127 e. The molecule has 2 aromatic carbocycles. The van der Waals surface area contributed by atoms with Crippen molar-refractivity contribution in [3.63, 3.8) is 0 Å². The van der Waals surface area contributed by atoms with Gasteiger partial charge in [0.25, 0.3) is 0 Å². The standard InChI is InChI=1S/C16H15BrFNO/c1-9-2-5-15-12(6-9)14(19)8-16(20-15)11-4-3-10(18)7-13(11)17/h2-7,14,16H,8,19H2,1H3. The molecule has 1 aliphatic rings. The van der Waals surface area contributed by atoms with Crippen LogP contribution in [0.15, 0.2) is 40.9 Å². The Hall–Kier alpha value is -1.39. The van der Waals surface area contributed by atoms with Crippen LogP contribution in [0.4, 0.5) is 4.39 Å². The number of aryl methyl sites for hydroxylation is 1. The summed E-state index contributed by atoms with van der Waals surface area (Å²) in [6, 6.07) is 10.6. The van der Waals surface area contributed by atoms with E-state index in [4.69, 9.17) is 10.5 Å². The van der Waals surface area contributed by atoms with Crippen LogP contribution < -0.4 is 10.5 Å². The van der Waals surface area contributed by atoms with Gasteiger partial charge in [-0.2, -0.15) is 0 Å². The van der Waals surface area contributed by atoms with Crippen LogP contribution in [0.25, 0.3) is 0 Å². The van der Waals surface area contributed by atoms with Crippen molar-refractivity contribution >= 4 is 15.9 Å². The monoisotopic (exact) mass is 335 g/mol. The average molecular weight is 336 g/mol. The molecule has 0 aliphatic carbocycles. The quantitative estimate of drug-likeness (QED) is 0.837. The smallest absolute Gasteiger partial charge is 0.127 e. The fraction of sp³-hybridized carbons (Fsp3) is 0.250. The van der Waals surface area contributed by atoms with Gasteiger partial charge in [0.15, 0.2) is 0 Å². The number of ether oxygens (including phenoxy) is 1. The van der Waals surface area contributed by atoms with Crippen molar-refractivity contribution in [2.24, 2.45) is 5.73 Å². The van der Waals surface area contributed by atoms with Crippen molar-refractivity contribution in [3.05, 3.63) is 63.4 Å². The minimum atomic E-state index is -0.267. The van der Waals surface area contributed by atoms with Crippen LogP contribution >= 0.6 is 15.9 Å². The number of halogens is 2. The highest BCUT2D eigenvalue weighted by Crippen LogP contribution is 2.41. The van der Waals surface area contributed by atoms with E-state index >= 15 is 0 Å². The topological polar surface area (TPSA) is 35.2 Å². The number of fused-ring (bicyclic) bond motifs is 1. The average Bonchev–Trinajstić information content (AvgIpc) is 2.39. The summed E-state index contributed by atoms with van der Waals surface area (Å²) < 4.78 is 19.9. The molecule has 0 saturated heterocycles. The zero-order valence-electron chi connectivity index (χ0n) is 11.1. The molecule has 2 atom stereocenters. The van der Waals surface area contributed by atoms with Crippen LogP contribution in [-0.4, -0.2) is 0 Å². The molecule has 1 heterocycles. The fourth-order valence-electron chi connectivity index (χ4n) is 2.58. The molecule has 0 saturated carbocycles. The first-order valence-electron chi connectivity index (χ1n) is 6.52. The van der Waals surface area contributed by atoms with Gasteiger partial charge in [0, 0.05) is 28.1 Å². The highest BCUT2D eigenvalue weighted by Gasteiger charge is 2.28. The third-order valence-corrected chi connectivity index (χ3v) is 4.30. The van der Waals surface area contributed by atoms with Gasteiger partial charge in [0.1, 0.15) is 17.7 Å². The second kappa shape index (κ2) is 5.19. The number of hydrogen-bond donors (Lipinski definition) is 1. The number of nitrogens with two attached hydrogens (primary N) is 1. The van der Waals surface area contributed by atoms with Crippen molar-refractivity contribution in [1.29, 1.82) is 0 Å². The lowest BCUT2D eigenvalue weighted by atomic mass is 9.92. The minimum Gasteiger partial charge on any atom is -0.485 e. The van der Waals surface area contributed by atoms with E-state index in [-0.39, 0.29) is 18.0 Å². The summed E-state index contributed by atoms with van der Waals surface area (Å²) in [5, 5.41) is 0. The lowest BCUT2D eigenvalue weighted by Crippen LogP contribution is -2.24. The van der Waals surface area contributed by atoms with Gasteiger partial charge >= 0.3 is 0 Å². The first-order valence-corrected chi connectivity index (χ1v) is 7.31. The Morgan fingerprint density at radius 1 is 1.20 bits per heavy atom. The summed E-state index contributed by atoms with van der Waals surface area (Å²) >= 11 is 3.39. The maximum absolute atomic E-state index is 13.2. The largest absolute Gasteiger partial charge is 0.485 e. The van der Waals surface area contributed by atoms with Gasteiger partial charge in [-0.15, -0.1) is 0 Å². The molecule has 2 nitrogen and oxygen atoms in total. The van der Waals surface area contributed by atoms with Crippen LogP contribution in [-0.2, 0) is 0 Å². The van der Waals surface area contributed by atoms with Gasteiger partial charge in [-0.3, -0.25) is 0 Å². The van der Waals surface area contributed by atoms with E-state index in [1.165, 1.54) is 17.7 Å². The second-order valence-electron chi connectivity index (χ2n) is 5.16. The fourth-order valence-corrected chi connectivity index (χ4v) is 3.18. The SMILES string of the molecule is Cc1ccc2c(c1)C(N)CC(c1ccc(F)cc1Br)O2. The van der Waals surface area contributed by atoms with Crippen molar-refractivity contribution in [1.82, 2.24) is 0 Å². The zero-order chi connectivity index (χ0) is 14.3. The van der Waals surface area contributed by atoms with Gasteiger partial charge in [-0.05, 0) is 25.1 Å². The van der Waals surface area contributed by atoms with E-state index in [1.807, 2.05) is 19.1 Å². The molecule has 4 heteroatoms. The molecule has 2 aromatic rings. The number of rotatable bonds is 1. The second-order valence-corrected chi connectivity index (χ2v) is 6.01. The highest BCUT2D eigenvalue weighted by atomic mass is 79.9. The Morgan fingerprint density at radius 2 is 2.00 bits per heavy atom. The molecule has 0 radical (unpaired) electrons. The third kappa shape index (κ3) is 2.45. The van der Waals surface area contributed by atoms with E-state index in [9.17, 15) is 4.39 Å². The van der Waals surface area contributed by atoms with E-state index in [0.717, 1.165) is 16.9 Å². The molecule has 2 unspecified atom stereocenters. The predicted molar refractivity (Wildman–Crippen MR) is 80.2 cm³/mol. The first-order chi connectivity index (χ1) is 9.54. The third-order valence-electron chi connectivity index (χ3n) is 3.61. The van der Waals surface area contributed by atoms with Gasteiger partial charge in [-0.25, -0.2) is 4.39 Å². The molecule has 0 bridgehead atoms. The van der Waals surface area contributed by atoms with Crippen LogP contribution in [0.1, 0.15) is 35.3 Å². The van der Waals surface area contributed by atoms with Gasteiger partial charge in [-0.1, -0.05) is 39.7 Å². The van der Waals surface area contributed by atoms with Gasteiger partial charge in [0.2, 0.25) is 0 Å². The first kappa shape index (κ1) is 13.6. The molecule has 0 spiro atoms. The van der Waals surface area contributed by atoms with Crippen LogP contribution in [0, 0.1) is 12.7 Å². The van der Waals surface area contributed by atoms with Crippen molar-refractivity contribution in [3.8, 4) is 5.75 Å². The summed E-state index contributed by atoms with van der Waals surface area (Å²) in [7, 11) is 0. The molecule has 0 fully saturated rings. The summed E-state index contributed by atoms with van der Waals surface area (Å²) in [5.74, 6) is 0.548. The van der Waals surface area contributed by atoms with E-state index in [0.29, 0.717) is 10.9 Å². The molecule has 0 amide bonds. The van der Waals surface area contributed by atoms with Gasteiger partial charge < -0.3 is 10.5 Å². The van der Waals surface area contributed by atoms with E-state index in [2.05, 4.69) is 22.0 Å². The Kier molecular flexibility index (Phi) is 3.52. The molecular weight excluding hydrogens is 321 g/mol. The Bertz CT molecular complexity index is 659. The van der Waals surface area contributed by atoms with Crippen LogP contribution in [0.2, 0.25) is 0 Å². The number of hydrogen-bond acceptors (Lipinski definition) is 2. The molecule has 3 rings (SSSR count). The Morgan fingerprint density at radius 3 is 2.75 bits per heavy atom.